The highest BCUT2D eigenvalue weighted by atomic mass is 35.5. The van der Waals surface area contributed by atoms with Crippen LogP contribution >= 0.6 is 11.6 Å². The first-order chi connectivity index (χ1) is 13.6. The van der Waals surface area contributed by atoms with E-state index in [0.29, 0.717) is 36.7 Å². The number of hydrogen-bond donors (Lipinski definition) is 0. The highest BCUT2D eigenvalue weighted by Gasteiger charge is 2.29. The molecule has 2 heterocycles. The van der Waals surface area contributed by atoms with Gasteiger partial charge >= 0.3 is 0 Å². The minimum Gasteiger partial charge on any atom is -0.355 e. The summed E-state index contributed by atoms with van der Waals surface area (Å²) in [7, 11) is 0. The van der Waals surface area contributed by atoms with Gasteiger partial charge in [-0.1, -0.05) is 47.1 Å². The molecule has 2 aromatic carbocycles. The van der Waals surface area contributed by atoms with Crippen molar-refractivity contribution in [3.05, 3.63) is 76.9 Å². The lowest BCUT2D eigenvalue weighted by Gasteiger charge is -2.30. The molecular weight excluding hydrogens is 376 g/mol. The maximum absolute atomic E-state index is 12.7. The zero-order valence-corrected chi connectivity index (χ0v) is 15.9. The lowest BCUT2D eigenvalue weighted by Crippen LogP contribution is -2.40. The second-order valence-electron chi connectivity index (χ2n) is 6.88. The Bertz CT molecular complexity index is 975. The standard InChI is InChI=1S/C22H19ClN2O3/c23-18-8-6-15(7-9-18)20-14-19(24-28-20)22(27)25-12-10-17(11-13-25)21(26)16-4-2-1-3-5-16/h1-9,14,17H,10-13H2. The molecule has 5 nitrogen and oxygen atoms in total. The molecule has 142 valence electrons. The second kappa shape index (κ2) is 7.98. The van der Waals surface area contributed by atoms with Crippen molar-refractivity contribution in [1.82, 2.24) is 10.1 Å². The van der Waals surface area contributed by atoms with E-state index in [1.165, 1.54) is 0 Å². The van der Waals surface area contributed by atoms with Crippen molar-refractivity contribution in [1.29, 1.82) is 0 Å². The van der Waals surface area contributed by atoms with Crippen molar-refractivity contribution < 1.29 is 14.1 Å². The van der Waals surface area contributed by atoms with Crippen LogP contribution in [0.25, 0.3) is 11.3 Å². The van der Waals surface area contributed by atoms with Crippen molar-refractivity contribution in [2.45, 2.75) is 12.8 Å². The lowest BCUT2D eigenvalue weighted by molar-refractivity contribution is 0.0642. The first-order valence-corrected chi connectivity index (χ1v) is 9.61. The van der Waals surface area contributed by atoms with Crippen LogP contribution in [-0.2, 0) is 0 Å². The molecular formula is C22H19ClN2O3. The highest BCUT2D eigenvalue weighted by molar-refractivity contribution is 6.30. The number of carbonyl (C=O) groups is 2. The van der Waals surface area contributed by atoms with Gasteiger partial charge in [-0.2, -0.15) is 0 Å². The topological polar surface area (TPSA) is 63.4 Å². The van der Waals surface area contributed by atoms with Crippen LogP contribution in [0.5, 0.6) is 0 Å². The number of amides is 1. The number of aromatic nitrogens is 1. The van der Waals surface area contributed by atoms with Crippen molar-refractivity contribution in [2.24, 2.45) is 5.92 Å². The third-order valence-electron chi connectivity index (χ3n) is 5.07. The van der Waals surface area contributed by atoms with Crippen LogP contribution in [0.15, 0.2) is 65.2 Å². The molecule has 3 aromatic rings. The van der Waals surface area contributed by atoms with Crippen LogP contribution < -0.4 is 0 Å². The summed E-state index contributed by atoms with van der Waals surface area (Å²) in [4.78, 5) is 27.1. The third-order valence-corrected chi connectivity index (χ3v) is 5.32. The average molecular weight is 395 g/mol. The first kappa shape index (κ1) is 18.4. The number of rotatable bonds is 4. The number of Topliss-reactive ketones (excluding diaryl/α,β-unsaturated/α-hetero) is 1. The molecule has 1 amide bonds. The Hall–Kier alpha value is -2.92. The minimum atomic E-state index is -0.172. The summed E-state index contributed by atoms with van der Waals surface area (Å²) in [5.41, 5.74) is 1.82. The molecule has 1 saturated heterocycles. The molecule has 1 aromatic heterocycles. The third kappa shape index (κ3) is 3.85. The molecule has 0 spiro atoms. The van der Waals surface area contributed by atoms with Gasteiger partial charge in [-0.05, 0) is 37.1 Å². The van der Waals surface area contributed by atoms with Crippen LogP contribution in [0.2, 0.25) is 5.02 Å². The maximum Gasteiger partial charge on any atom is 0.276 e. The number of benzene rings is 2. The maximum atomic E-state index is 12.7. The number of hydrogen-bond acceptors (Lipinski definition) is 4. The Labute approximate surface area is 167 Å². The number of nitrogens with zero attached hydrogens (tertiary/aromatic N) is 2. The molecule has 4 rings (SSSR count). The van der Waals surface area contributed by atoms with Crippen LogP contribution in [0.1, 0.15) is 33.7 Å². The molecule has 0 saturated carbocycles. The van der Waals surface area contributed by atoms with Gasteiger partial charge in [0.15, 0.2) is 17.2 Å². The van der Waals surface area contributed by atoms with E-state index < -0.39 is 0 Å². The van der Waals surface area contributed by atoms with Crippen molar-refractivity contribution in [3.8, 4) is 11.3 Å². The van der Waals surface area contributed by atoms with Crippen LogP contribution in [-0.4, -0.2) is 34.8 Å². The molecule has 6 heteroatoms. The number of ketones is 1. The molecule has 1 fully saturated rings. The monoisotopic (exact) mass is 394 g/mol. The van der Waals surface area contributed by atoms with E-state index in [1.54, 1.807) is 23.1 Å². The van der Waals surface area contributed by atoms with Crippen LogP contribution in [0, 0.1) is 5.92 Å². The van der Waals surface area contributed by atoms with Gasteiger partial charge in [-0.3, -0.25) is 9.59 Å². The number of likely N-dealkylation sites (tertiary alicyclic amines) is 1. The summed E-state index contributed by atoms with van der Waals surface area (Å²) < 4.78 is 5.33. The SMILES string of the molecule is O=C(c1ccccc1)C1CCN(C(=O)c2cc(-c3ccc(Cl)cc3)on2)CC1. The number of halogens is 1. The molecule has 0 unspecified atom stereocenters. The van der Waals surface area contributed by atoms with E-state index in [4.69, 9.17) is 16.1 Å². The largest absolute Gasteiger partial charge is 0.355 e. The van der Waals surface area contributed by atoms with E-state index >= 15 is 0 Å². The molecule has 0 aliphatic carbocycles. The van der Waals surface area contributed by atoms with Gasteiger partial charge in [0.1, 0.15) is 0 Å². The van der Waals surface area contributed by atoms with Crippen LogP contribution in [0.3, 0.4) is 0 Å². The first-order valence-electron chi connectivity index (χ1n) is 9.23. The van der Waals surface area contributed by atoms with Gasteiger partial charge in [0, 0.05) is 41.2 Å². The predicted molar refractivity (Wildman–Crippen MR) is 106 cm³/mol. The summed E-state index contributed by atoms with van der Waals surface area (Å²) in [6, 6.07) is 18.1. The summed E-state index contributed by atoms with van der Waals surface area (Å²) in [6.07, 6.45) is 1.31. The van der Waals surface area contributed by atoms with E-state index in [1.807, 2.05) is 42.5 Å². The Balaban J connectivity index is 1.39. The Morgan fingerprint density at radius 1 is 1.00 bits per heavy atom. The molecule has 28 heavy (non-hydrogen) atoms. The molecule has 0 atom stereocenters. The molecule has 0 bridgehead atoms. The average Bonchev–Trinajstić information content (AvgIpc) is 3.24. The summed E-state index contributed by atoms with van der Waals surface area (Å²) in [5, 5.41) is 4.56. The van der Waals surface area contributed by atoms with Gasteiger partial charge < -0.3 is 9.42 Å². The predicted octanol–water partition coefficient (Wildman–Crippen LogP) is 4.73. The molecule has 1 aliphatic rings. The smallest absolute Gasteiger partial charge is 0.276 e. The van der Waals surface area contributed by atoms with E-state index in [9.17, 15) is 9.59 Å². The molecule has 0 radical (unpaired) electrons. The van der Waals surface area contributed by atoms with Gasteiger partial charge in [-0.15, -0.1) is 0 Å². The lowest BCUT2D eigenvalue weighted by atomic mass is 9.89. The Morgan fingerprint density at radius 3 is 2.36 bits per heavy atom. The second-order valence-corrected chi connectivity index (χ2v) is 7.32. The van der Waals surface area contributed by atoms with Crippen LogP contribution in [0.4, 0.5) is 0 Å². The van der Waals surface area contributed by atoms with Gasteiger partial charge in [0.05, 0.1) is 0 Å². The molecule has 1 aliphatic heterocycles. The zero-order chi connectivity index (χ0) is 19.5. The van der Waals surface area contributed by atoms with Crippen molar-refractivity contribution in [2.75, 3.05) is 13.1 Å². The van der Waals surface area contributed by atoms with E-state index in [2.05, 4.69) is 5.16 Å². The molecule has 0 N–H and O–H groups in total. The quantitative estimate of drug-likeness (QED) is 0.600. The van der Waals surface area contributed by atoms with Gasteiger partial charge in [0.2, 0.25) is 0 Å². The Kier molecular flexibility index (Phi) is 5.26. The number of piperidine rings is 1. The summed E-state index contributed by atoms with van der Waals surface area (Å²) in [5.74, 6) is 0.455. The highest BCUT2D eigenvalue weighted by Crippen LogP contribution is 2.25. The summed E-state index contributed by atoms with van der Waals surface area (Å²) >= 11 is 5.90. The normalized spacial score (nSPS) is 14.8. The number of carbonyl (C=O) groups excluding carboxylic acids is 2. The minimum absolute atomic E-state index is 0.0478. The van der Waals surface area contributed by atoms with Gasteiger partial charge in [-0.25, -0.2) is 0 Å². The van der Waals surface area contributed by atoms with Gasteiger partial charge in [0.25, 0.3) is 5.91 Å². The van der Waals surface area contributed by atoms with E-state index in [0.717, 1.165) is 11.1 Å². The van der Waals surface area contributed by atoms with E-state index in [-0.39, 0.29) is 23.3 Å². The fourth-order valence-electron chi connectivity index (χ4n) is 3.47. The Morgan fingerprint density at radius 2 is 1.68 bits per heavy atom. The summed E-state index contributed by atoms with van der Waals surface area (Å²) in [6.45, 7) is 1.07. The fraction of sp³-hybridized carbons (Fsp3) is 0.227. The van der Waals surface area contributed by atoms with Crippen molar-refractivity contribution >= 4 is 23.3 Å². The zero-order valence-electron chi connectivity index (χ0n) is 15.2. The van der Waals surface area contributed by atoms with Crippen molar-refractivity contribution in [3.63, 3.8) is 0 Å². The fourth-order valence-corrected chi connectivity index (χ4v) is 3.60.